The SMILES string of the molecule is COC(=O)c1ccc(NC(=O)CCCl)c(N)c1. The van der Waals surface area contributed by atoms with Crippen molar-refractivity contribution in [2.24, 2.45) is 0 Å². The van der Waals surface area contributed by atoms with Gasteiger partial charge in [-0.3, -0.25) is 4.79 Å². The maximum absolute atomic E-state index is 11.3. The van der Waals surface area contributed by atoms with Crippen LogP contribution < -0.4 is 11.1 Å². The molecule has 1 aromatic rings. The number of anilines is 2. The first-order valence-corrected chi connectivity index (χ1v) is 5.45. The molecule has 0 spiro atoms. The Morgan fingerprint density at radius 3 is 2.71 bits per heavy atom. The van der Waals surface area contributed by atoms with Crippen molar-refractivity contribution in [2.75, 3.05) is 24.0 Å². The molecule has 1 rings (SSSR count). The minimum Gasteiger partial charge on any atom is -0.465 e. The van der Waals surface area contributed by atoms with Gasteiger partial charge in [-0.05, 0) is 18.2 Å². The average molecular weight is 257 g/mol. The van der Waals surface area contributed by atoms with E-state index in [0.29, 0.717) is 16.9 Å². The first-order chi connectivity index (χ1) is 8.08. The van der Waals surface area contributed by atoms with Crippen molar-refractivity contribution in [1.29, 1.82) is 0 Å². The molecule has 0 radical (unpaired) electrons. The zero-order valence-corrected chi connectivity index (χ0v) is 10.1. The quantitative estimate of drug-likeness (QED) is 0.487. The lowest BCUT2D eigenvalue weighted by atomic mass is 10.1. The Hall–Kier alpha value is -1.75. The standard InChI is InChI=1S/C11H13ClN2O3/c1-17-11(16)7-2-3-9(8(13)6-7)14-10(15)4-5-12/h2-3,6H,4-5,13H2,1H3,(H,14,15). The summed E-state index contributed by atoms with van der Waals surface area (Å²) in [6.45, 7) is 0. The maximum atomic E-state index is 11.3. The van der Waals surface area contributed by atoms with Gasteiger partial charge in [0.1, 0.15) is 0 Å². The van der Waals surface area contributed by atoms with E-state index in [1.165, 1.54) is 19.2 Å². The van der Waals surface area contributed by atoms with Crippen LogP contribution in [-0.2, 0) is 9.53 Å². The molecular weight excluding hydrogens is 244 g/mol. The van der Waals surface area contributed by atoms with Gasteiger partial charge in [0, 0.05) is 12.3 Å². The highest BCUT2D eigenvalue weighted by Gasteiger charge is 2.09. The number of amides is 1. The van der Waals surface area contributed by atoms with Crippen LogP contribution in [0.3, 0.4) is 0 Å². The van der Waals surface area contributed by atoms with Crippen LogP contribution in [-0.4, -0.2) is 24.9 Å². The topological polar surface area (TPSA) is 81.4 Å². The fourth-order valence-corrected chi connectivity index (χ4v) is 1.39. The first kappa shape index (κ1) is 13.3. The number of ether oxygens (including phenoxy) is 1. The number of carbonyl (C=O) groups excluding carboxylic acids is 2. The number of rotatable bonds is 4. The molecule has 1 amide bonds. The van der Waals surface area contributed by atoms with E-state index in [1.54, 1.807) is 6.07 Å². The van der Waals surface area contributed by atoms with E-state index in [0.717, 1.165) is 0 Å². The number of benzene rings is 1. The number of methoxy groups -OCH3 is 1. The van der Waals surface area contributed by atoms with Gasteiger partial charge in [-0.2, -0.15) is 0 Å². The van der Waals surface area contributed by atoms with Crippen LogP contribution in [0, 0.1) is 0 Å². The summed E-state index contributed by atoms with van der Waals surface area (Å²) >= 11 is 5.43. The van der Waals surface area contributed by atoms with Crippen molar-refractivity contribution in [2.45, 2.75) is 6.42 Å². The predicted octanol–water partition coefficient (Wildman–Crippen LogP) is 1.62. The van der Waals surface area contributed by atoms with Crippen LogP contribution in [0.2, 0.25) is 0 Å². The minimum absolute atomic E-state index is 0.208. The summed E-state index contributed by atoms with van der Waals surface area (Å²) in [4.78, 5) is 22.5. The fourth-order valence-electron chi connectivity index (χ4n) is 1.22. The van der Waals surface area contributed by atoms with Gasteiger partial charge in [0.2, 0.25) is 5.91 Å². The molecule has 0 bridgehead atoms. The van der Waals surface area contributed by atoms with Crippen LogP contribution >= 0.6 is 11.6 Å². The summed E-state index contributed by atoms with van der Waals surface area (Å²) in [7, 11) is 1.29. The van der Waals surface area contributed by atoms with Crippen molar-refractivity contribution in [3.05, 3.63) is 23.8 Å². The number of nitrogen functional groups attached to an aromatic ring is 1. The molecule has 0 aromatic heterocycles. The average Bonchev–Trinajstić information content (AvgIpc) is 2.31. The molecule has 5 nitrogen and oxygen atoms in total. The van der Waals surface area contributed by atoms with Gasteiger partial charge in [0.15, 0.2) is 0 Å². The molecule has 92 valence electrons. The second-order valence-corrected chi connectivity index (χ2v) is 3.66. The number of hydrogen-bond acceptors (Lipinski definition) is 4. The molecule has 0 atom stereocenters. The lowest BCUT2D eigenvalue weighted by Gasteiger charge is -2.08. The van der Waals surface area contributed by atoms with Gasteiger partial charge >= 0.3 is 5.97 Å². The number of carbonyl (C=O) groups is 2. The monoisotopic (exact) mass is 256 g/mol. The van der Waals surface area contributed by atoms with Gasteiger partial charge < -0.3 is 15.8 Å². The highest BCUT2D eigenvalue weighted by molar-refractivity contribution is 6.19. The van der Waals surface area contributed by atoms with Crippen molar-refractivity contribution >= 4 is 34.9 Å². The molecule has 0 aliphatic rings. The molecule has 0 fully saturated rings. The summed E-state index contributed by atoms with van der Waals surface area (Å²) in [5, 5.41) is 2.59. The van der Waals surface area contributed by atoms with Crippen LogP contribution in [0.1, 0.15) is 16.8 Å². The molecular formula is C11H13ClN2O3. The third kappa shape index (κ3) is 3.64. The Labute approximate surface area is 104 Å². The summed E-state index contributed by atoms with van der Waals surface area (Å²) in [5.74, 6) is -0.459. The molecule has 0 aliphatic carbocycles. The third-order valence-electron chi connectivity index (χ3n) is 2.07. The zero-order valence-electron chi connectivity index (χ0n) is 9.33. The van der Waals surface area contributed by atoms with Crippen LogP contribution in [0.25, 0.3) is 0 Å². The van der Waals surface area contributed by atoms with Gasteiger partial charge in [0.25, 0.3) is 0 Å². The smallest absolute Gasteiger partial charge is 0.337 e. The Balaban J connectivity index is 2.83. The van der Waals surface area contributed by atoms with Crippen molar-refractivity contribution in [1.82, 2.24) is 0 Å². The Bertz CT molecular complexity index is 435. The summed E-state index contributed by atoms with van der Waals surface area (Å²) in [6.07, 6.45) is 0.208. The molecule has 6 heteroatoms. The van der Waals surface area contributed by atoms with Gasteiger partial charge in [0.05, 0.1) is 24.0 Å². The van der Waals surface area contributed by atoms with E-state index in [2.05, 4.69) is 10.1 Å². The van der Waals surface area contributed by atoms with Crippen molar-refractivity contribution in [3.63, 3.8) is 0 Å². The van der Waals surface area contributed by atoms with E-state index in [1.807, 2.05) is 0 Å². The molecule has 0 heterocycles. The maximum Gasteiger partial charge on any atom is 0.337 e. The van der Waals surface area contributed by atoms with Crippen LogP contribution in [0.5, 0.6) is 0 Å². The van der Waals surface area contributed by atoms with E-state index in [4.69, 9.17) is 17.3 Å². The van der Waals surface area contributed by atoms with E-state index >= 15 is 0 Å². The summed E-state index contributed by atoms with van der Waals surface area (Å²) in [5.41, 5.74) is 6.79. The lowest BCUT2D eigenvalue weighted by molar-refractivity contribution is -0.115. The molecule has 1 aromatic carbocycles. The molecule has 3 N–H and O–H groups in total. The van der Waals surface area contributed by atoms with E-state index in [9.17, 15) is 9.59 Å². The number of esters is 1. The van der Waals surface area contributed by atoms with Crippen LogP contribution in [0.4, 0.5) is 11.4 Å². The van der Waals surface area contributed by atoms with Crippen molar-refractivity contribution < 1.29 is 14.3 Å². The van der Waals surface area contributed by atoms with Crippen molar-refractivity contribution in [3.8, 4) is 0 Å². The Morgan fingerprint density at radius 2 is 2.18 bits per heavy atom. The highest BCUT2D eigenvalue weighted by Crippen LogP contribution is 2.20. The van der Waals surface area contributed by atoms with Crippen LogP contribution in [0.15, 0.2) is 18.2 Å². The largest absolute Gasteiger partial charge is 0.465 e. The van der Waals surface area contributed by atoms with E-state index in [-0.39, 0.29) is 18.2 Å². The number of alkyl halides is 1. The Morgan fingerprint density at radius 1 is 1.47 bits per heavy atom. The Kier molecular flexibility index (Phi) is 4.78. The predicted molar refractivity (Wildman–Crippen MR) is 66.2 cm³/mol. The van der Waals surface area contributed by atoms with Gasteiger partial charge in [-0.15, -0.1) is 11.6 Å². The first-order valence-electron chi connectivity index (χ1n) is 4.92. The minimum atomic E-state index is -0.477. The van der Waals surface area contributed by atoms with Gasteiger partial charge in [-0.1, -0.05) is 0 Å². The second kappa shape index (κ2) is 6.10. The number of halogens is 1. The number of hydrogen-bond donors (Lipinski definition) is 2. The second-order valence-electron chi connectivity index (χ2n) is 3.28. The number of nitrogens with one attached hydrogen (secondary N) is 1. The molecule has 0 saturated carbocycles. The summed E-state index contributed by atoms with van der Waals surface area (Å²) in [6, 6.07) is 4.52. The van der Waals surface area contributed by atoms with Gasteiger partial charge in [-0.25, -0.2) is 4.79 Å². The lowest BCUT2D eigenvalue weighted by Crippen LogP contribution is -2.13. The molecule has 17 heavy (non-hydrogen) atoms. The fraction of sp³-hybridized carbons (Fsp3) is 0.273. The summed E-state index contributed by atoms with van der Waals surface area (Å²) < 4.78 is 4.55. The normalized spacial score (nSPS) is 9.76. The highest BCUT2D eigenvalue weighted by atomic mass is 35.5. The molecule has 0 aliphatic heterocycles. The third-order valence-corrected chi connectivity index (χ3v) is 2.26. The zero-order chi connectivity index (χ0) is 12.8. The van der Waals surface area contributed by atoms with E-state index < -0.39 is 5.97 Å². The molecule has 0 saturated heterocycles. The number of nitrogens with two attached hydrogens (primary N) is 1. The molecule has 0 unspecified atom stereocenters.